The molecule has 0 radical (unpaired) electrons. The Kier molecular flexibility index (Phi) is 4.36. The Morgan fingerprint density at radius 1 is 1.20 bits per heavy atom. The zero-order valence-corrected chi connectivity index (χ0v) is 15.5. The van der Waals surface area contributed by atoms with Gasteiger partial charge in [-0.25, -0.2) is 8.42 Å². The molecule has 2 aliphatic heterocycles. The Hall–Kier alpha value is -1.93. The van der Waals surface area contributed by atoms with E-state index in [2.05, 4.69) is 5.32 Å². The van der Waals surface area contributed by atoms with Crippen molar-refractivity contribution in [3.05, 3.63) is 23.8 Å². The number of piperazine rings is 1. The highest BCUT2D eigenvalue weighted by Crippen LogP contribution is 2.38. The van der Waals surface area contributed by atoms with Crippen LogP contribution in [-0.4, -0.2) is 55.6 Å². The molecule has 2 heterocycles. The fourth-order valence-electron chi connectivity index (χ4n) is 3.26. The fourth-order valence-corrected chi connectivity index (χ4v) is 4.71. The molecule has 7 nitrogen and oxygen atoms in total. The van der Waals surface area contributed by atoms with Gasteiger partial charge in [0.25, 0.3) is 0 Å². The summed E-state index contributed by atoms with van der Waals surface area (Å²) in [6, 6.07) is 4.76. The molecule has 0 aromatic heterocycles. The van der Waals surface area contributed by atoms with Crippen molar-refractivity contribution in [1.29, 1.82) is 0 Å². The molecule has 0 bridgehead atoms. The molecule has 0 spiro atoms. The van der Waals surface area contributed by atoms with Gasteiger partial charge in [-0.15, -0.1) is 0 Å². The minimum atomic E-state index is -3.65. The maximum atomic E-state index is 12.9. The summed E-state index contributed by atoms with van der Waals surface area (Å²) in [6.07, 6.45) is 0.424. The van der Waals surface area contributed by atoms with Crippen molar-refractivity contribution in [3.63, 3.8) is 0 Å². The van der Waals surface area contributed by atoms with Crippen molar-refractivity contribution < 1.29 is 18.0 Å². The van der Waals surface area contributed by atoms with Gasteiger partial charge < -0.3 is 10.2 Å². The molecule has 0 atom stereocenters. The number of nitrogens with one attached hydrogen (secondary N) is 1. The zero-order chi connectivity index (χ0) is 18.4. The van der Waals surface area contributed by atoms with Crippen LogP contribution in [0.2, 0.25) is 0 Å². The standard InChI is InChI=1S/C17H23N3O4S/c1-4-15(21)19-7-9-20(10-8-19)25(23,24)12-5-6-14-13(11-12)17(2,3)16(22)18-14/h5-6,11H,4,7-10H2,1-3H3,(H,18,22). The van der Waals surface area contributed by atoms with Gasteiger partial charge in [-0.1, -0.05) is 6.92 Å². The van der Waals surface area contributed by atoms with E-state index in [0.29, 0.717) is 30.8 Å². The molecule has 1 aromatic carbocycles. The van der Waals surface area contributed by atoms with Gasteiger partial charge >= 0.3 is 0 Å². The Morgan fingerprint density at radius 3 is 2.44 bits per heavy atom. The molecular weight excluding hydrogens is 342 g/mol. The van der Waals surface area contributed by atoms with Crippen molar-refractivity contribution in [1.82, 2.24) is 9.21 Å². The molecule has 1 aromatic rings. The van der Waals surface area contributed by atoms with Crippen LogP contribution in [0.1, 0.15) is 32.8 Å². The molecule has 1 saturated heterocycles. The normalized spacial score (nSPS) is 20.3. The van der Waals surface area contributed by atoms with Crippen LogP contribution in [0.5, 0.6) is 0 Å². The van der Waals surface area contributed by atoms with Crippen LogP contribution in [-0.2, 0) is 25.0 Å². The monoisotopic (exact) mass is 365 g/mol. The maximum absolute atomic E-state index is 12.9. The molecule has 136 valence electrons. The summed E-state index contributed by atoms with van der Waals surface area (Å²) in [4.78, 5) is 25.7. The predicted molar refractivity (Wildman–Crippen MR) is 93.7 cm³/mol. The smallest absolute Gasteiger partial charge is 0.243 e. The molecule has 0 aliphatic carbocycles. The van der Waals surface area contributed by atoms with Crippen LogP contribution >= 0.6 is 0 Å². The van der Waals surface area contributed by atoms with E-state index in [1.54, 1.807) is 37.8 Å². The van der Waals surface area contributed by atoms with Crippen LogP contribution in [0.15, 0.2) is 23.1 Å². The molecule has 3 rings (SSSR count). The van der Waals surface area contributed by atoms with Crippen LogP contribution < -0.4 is 5.32 Å². The third-order valence-corrected chi connectivity index (χ3v) is 6.91. The van der Waals surface area contributed by atoms with E-state index in [-0.39, 0.29) is 29.8 Å². The van der Waals surface area contributed by atoms with Gasteiger partial charge in [-0.3, -0.25) is 9.59 Å². The first-order valence-corrected chi connectivity index (χ1v) is 9.86. The van der Waals surface area contributed by atoms with Gasteiger partial charge in [-0.2, -0.15) is 4.31 Å². The van der Waals surface area contributed by atoms with E-state index >= 15 is 0 Å². The number of sulfonamides is 1. The van der Waals surface area contributed by atoms with Gasteiger partial charge in [-0.05, 0) is 37.6 Å². The van der Waals surface area contributed by atoms with Crippen LogP contribution in [0, 0.1) is 0 Å². The highest BCUT2D eigenvalue weighted by molar-refractivity contribution is 7.89. The Balaban J connectivity index is 1.84. The summed E-state index contributed by atoms with van der Waals surface area (Å²) in [6.45, 7) is 6.73. The van der Waals surface area contributed by atoms with Crippen molar-refractivity contribution >= 4 is 27.5 Å². The van der Waals surface area contributed by atoms with E-state index in [9.17, 15) is 18.0 Å². The minimum Gasteiger partial charge on any atom is -0.340 e. The topological polar surface area (TPSA) is 86.8 Å². The second-order valence-electron chi connectivity index (χ2n) is 6.92. The first kappa shape index (κ1) is 17.9. The van der Waals surface area contributed by atoms with Crippen molar-refractivity contribution in [2.75, 3.05) is 31.5 Å². The van der Waals surface area contributed by atoms with E-state index in [1.165, 1.54) is 10.4 Å². The number of hydrogen-bond acceptors (Lipinski definition) is 4. The third kappa shape index (κ3) is 2.93. The lowest BCUT2D eigenvalue weighted by Crippen LogP contribution is -2.50. The molecule has 2 aliphatic rings. The lowest BCUT2D eigenvalue weighted by Gasteiger charge is -2.34. The summed E-state index contributed by atoms with van der Waals surface area (Å²) >= 11 is 0. The number of amides is 2. The fraction of sp³-hybridized carbons (Fsp3) is 0.529. The maximum Gasteiger partial charge on any atom is 0.243 e. The number of carbonyl (C=O) groups excluding carboxylic acids is 2. The van der Waals surface area contributed by atoms with Gasteiger partial charge in [0.05, 0.1) is 10.3 Å². The molecule has 0 unspecified atom stereocenters. The molecule has 25 heavy (non-hydrogen) atoms. The third-order valence-electron chi connectivity index (χ3n) is 5.01. The number of rotatable bonds is 3. The van der Waals surface area contributed by atoms with E-state index in [0.717, 1.165) is 0 Å². The summed E-state index contributed by atoms with van der Waals surface area (Å²) in [5.41, 5.74) is 0.596. The number of hydrogen-bond donors (Lipinski definition) is 1. The molecule has 0 saturated carbocycles. The number of benzene rings is 1. The van der Waals surface area contributed by atoms with Crippen molar-refractivity contribution in [3.8, 4) is 0 Å². The Labute approximate surface area is 148 Å². The lowest BCUT2D eigenvalue weighted by molar-refractivity contribution is -0.132. The summed E-state index contributed by atoms with van der Waals surface area (Å²) in [5, 5.41) is 2.78. The van der Waals surface area contributed by atoms with Crippen molar-refractivity contribution in [2.45, 2.75) is 37.5 Å². The summed E-state index contributed by atoms with van der Waals surface area (Å²) < 4.78 is 27.3. The average molecular weight is 365 g/mol. The van der Waals surface area contributed by atoms with E-state index < -0.39 is 15.4 Å². The van der Waals surface area contributed by atoms with Gasteiger partial charge in [0.15, 0.2) is 0 Å². The second kappa shape index (κ2) is 6.10. The Bertz CT molecular complexity index is 824. The quantitative estimate of drug-likeness (QED) is 0.871. The largest absolute Gasteiger partial charge is 0.340 e. The van der Waals surface area contributed by atoms with Gasteiger partial charge in [0, 0.05) is 38.3 Å². The molecule has 1 fully saturated rings. The number of anilines is 1. The summed E-state index contributed by atoms with van der Waals surface area (Å²) in [5.74, 6) is -0.0929. The SMILES string of the molecule is CCC(=O)N1CCN(S(=O)(=O)c2ccc3c(c2)C(C)(C)C(=O)N3)CC1. The molecule has 8 heteroatoms. The summed E-state index contributed by atoms with van der Waals surface area (Å²) in [7, 11) is -3.65. The van der Waals surface area contributed by atoms with Crippen LogP contribution in [0.4, 0.5) is 5.69 Å². The lowest BCUT2D eigenvalue weighted by atomic mass is 9.86. The number of fused-ring (bicyclic) bond motifs is 1. The van der Waals surface area contributed by atoms with E-state index in [1.807, 2.05) is 0 Å². The van der Waals surface area contributed by atoms with Crippen LogP contribution in [0.25, 0.3) is 0 Å². The Morgan fingerprint density at radius 2 is 1.84 bits per heavy atom. The first-order chi connectivity index (χ1) is 11.7. The van der Waals surface area contributed by atoms with Crippen LogP contribution in [0.3, 0.4) is 0 Å². The van der Waals surface area contributed by atoms with E-state index in [4.69, 9.17) is 0 Å². The first-order valence-electron chi connectivity index (χ1n) is 8.42. The molecular formula is C17H23N3O4S. The average Bonchev–Trinajstić information content (AvgIpc) is 2.83. The molecule has 1 N–H and O–H groups in total. The highest BCUT2D eigenvalue weighted by atomic mass is 32.2. The highest BCUT2D eigenvalue weighted by Gasteiger charge is 2.39. The van der Waals surface area contributed by atoms with Crippen molar-refractivity contribution in [2.24, 2.45) is 0 Å². The number of nitrogens with zero attached hydrogens (tertiary/aromatic N) is 2. The molecule has 2 amide bonds. The predicted octanol–water partition coefficient (Wildman–Crippen LogP) is 1.16. The number of carbonyl (C=O) groups is 2. The van der Waals surface area contributed by atoms with Gasteiger partial charge in [0.1, 0.15) is 0 Å². The zero-order valence-electron chi connectivity index (χ0n) is 14.7. The van der Waals surface area contributed by atoms with Gasteiger partial charge in [0.2, 0.25) is 21.8 Å². The second-order valence-corrected chi connectivity index (χ2v) is 8.86. The minimum absolute atomic E-state index is 0.0425.